The summed E-state index contributed by atoms with van der Waals surface area (Å²) in [5.74, 6) is -0.104. The highest BCUT2D eigenvalue weighted by Crippen LogP contribution is 2.25. The molecule has 1 aliphatic rings. The minimum Gasteiger partial charge on any atom is -0.463 e. The van der Waals surface area contributed by atoms with Crippen molar-refractivity contribution in [3.05, 3.63) is 0 Å². The van der Waals surface area contributed by atoms with Crippen molar-refractivity contribution >= 4 is 5.97 Å². The van der Waals surface area contributed by atoms with Crippen LogP contribution in [-0.2, 0) is 14.3 Å². The van der Waals surface area contributed by atoms with Crippen molar-refractivity contribution in [2.45, 2.75) is 26.7 Å². The van der Waals surface area contributed by atoms with E-state index >= 15 is 0 Å². The van der Waals surface area contributed by atoms with Crippen molar-refractivity contribution < 1.29 is 14.3 Å². The Morgan fingerprint density at radius 1 is 1.40 bits per heavy atom. The molecule has 0 saturated carbocycles. The molecule has 1 rings (SSSR count). The molecule has 1 saturated heterocycles. The summed E-state index contributed by atoms with van der Waals surface area (Å²) >= 11 is 0. The van der Waals surface area contributed by atoms with Gasteiger partial charge < -0.3 is 14.8 Å². The van der Waals surface area contributed by atoms with Crippen LogP contribution in [0.4, 0.5) is 0 Å². The molecule has 4 nitrogen and oxygen atoms in total. The van der Waals surface area contributed by atoms with Crippen LogP contribution in [-0.4, -0.2) is 38.9 Å². The van der Waals surface area contributed by atoms with Gasteiger partial charge in [0.1, 0.15) is 6.61 Å². The van der Waals surface area contributed by atoms with Crippen molar-refractivity contribution in [2.24, 2.45) is 5.41 Å². The van der Waals surface area contributed by atoms with Gasteiger partial charge in [-0.1, -0.05) is 6.92 Å². The number of esters is 1. The van der Waals surface area contributed by atoms with E-state index in [4.69, 9.17) is 9.47 Å². The van der Waals surface area contributed by atoms with Crippen LogP contribution in [0.1, 0.15) is 26.7 Å². The van der Waals surface area contributed by atoms with E-state index in [1.54, 1.807) is 0 Å². The lowest BCUT2D eigenvalue weighted by molar-refractivity contribution is -0.155. The van der Waals surface area contributed by atoms with E-state index in [1.807, 2.05) is 6.92 Å². The summed E-state index contributed by atoms with van der Waals surface area (Å²) < 4.78 is 10.4. The second-order valence-electron chi connectivity index (χ2n) is 4.24. The zero-order valence-electron chi connectivity index (χ0n) is 9.67. The van der Waals surface area contributed by atoms with E-state index in [0.717, 1.165) is 32.5 Å². The number of rotatable bonds is 6. The molecule has 0 aliphatic carbocycles. The molecule has 0 amide bonds. The van der Waals surface area contributed by atoms with Crippen molar-refractivity contribution in [2.75, 3.05) is 32.9 Å². The number of carbonyl (C=O) groups is 1. The molecule has 1 fully saturated rings. The molecular formula is C11H21NO3. The number of carbonyl (C=O) groups excluding carboxylic acids is 1. The summed E-state index contributed by atoms with van der Waals surface area (Å²) in [5.41, 5.74) is -0.329. The minimum atomic E-state index is -0.329. The molecule has 0 aromatic rings. The second-order valence-corrected chi connectivity index (χ2v) is 4.24. The van der Waals surface area contributed by atoms with Gasteiger partial charge in [-0.25, -0.2) is 0 Å². The highest BCUT2D eigenvalue weighted by atomic mass is 16.6. The van der Waals surface area contributed by atoms with Crippen LogP contribution >= 0.6 is 0 Å². The summed E-state index contributed by atoms with van der Waals surface area (Å²) in [6.45, 7) is 7.23. The Kier molecular flexibility index (Phi) is 5.05. The van der Waals surface area contributed by atoms with E-state index in [0.29, 0.717) is 13.2 Å². The molecule has 1 atom stereocenters. The Bertz CT molecular complexity index is 200. The Balaban J connectivity index is 2.12. The summed E-state index contributed by atoms with van der Waals surface area (Å²) in [5, 5.41) is 3.17. The first kappa shape index (κ1) is 12.5. The van der Waals surface area contributed by atoms with Crippen LogP contribution in [0.2, 0.25) is 0 Å². The molecule has 1 aliphatic heterocycles. The van der Waals surface area contributed by atoms with Gasteiger partial charge in [0.05, 0.1) is 12.0 Å². The number of ether oxygens (including phenoxy) is 2. The van der Waals surface area contributed by atoms with Gasteiger partial charge in [0, 0.05) is 13.2 Å². The van der Waals surface area contributed by atoms with Crippen molar-refractivity contribution in [1.29, 1.82) is 0 Å². The topological polar surface area (TPSA) is 47.6 Å². The standard InChI is InChI=1S/C11H21NO3/c1-3-6-14-7-8-15-10(13)11(2)4-5-12-9-11/h12H,3-9H2,1-2H3. The third kappa shape index (κ3) is 3.80. The first-order valence-electron chi connectivity index (χ1n) is 5.65. The van der Waals surface area contributed by atoms with Gasteiger partial charge in [0.25, 0.3) is 0 Å². The maximum atomic E-state index is 11.7. The van der Waals surface area contributed by atoms with E-state index in [9.17, 15) is 4.79 Å². The molecule has 1 unspecified atom stereocenters. The molecular weight excluding hydrogens is 194 g/mol. The predicted molar refractivity (Wildman–Crippen MR) is 57.7 cm³/mol. The lowest BCUT2D eigenvalue weighted by Crippen LogP contribution is -2.32. The average Bonchev–Trinajstić information content (AvgIpc) is 2.66. The zero-order valence-corrected chi connectivity index (χ0v) is 9.67. The van der Waals surface area contributed by atoms with Crippen LogP contribution in [0.3, 0.4) is 0 Å². The van der Waals surface area contributed by atoms with Gasteiger partial charge in [-0.15, -0.1) is 0 Å². The first-order valence-corrected chi connectivity index (χ1v) is 5.65. The smallest absolute Gasteiger partial charge is 0.313 e. The molecule has 15 heavy (non-hydrogen) atoms. The molecule has 4 heteroatoms. The maximum Gasteiger partial charge on any atom is 0.313 e. The van der Waals surface area contributed by atoms with Crippen molar-refractivity contribution in [3.8, 4) is 0 Å². The highest BCUT2D eigenvalue weighted by Gasteiger charge is 2.37. The molecule has 0 spiro atoms. The Morgan fingerprint density at radius 3 is 2.80 bits per heavy atom. The van der Waals surface area contributed by atoms with Gasteiger partial charge in [0.2, 0.25) is 0 Å². The van der Waals surface area contributed by atoms with E-state index in [2.05, 4.69) is 12.2 Å². The fourth-order valence-electron chi connectivity index (χ4n) is 1.61. The average molecular weight is 215 g/mol. The van der Waals surface area contributed by atoms with E-state index < -0.39 is 0 Å². The highest BCUT2D eigenvalue weighted by molar-refractivity contribution is 5.77. The van der Waals surface area contributed by atoms with Gasteiger partial charge in [-0.05, 0) is 26.3 Å². The van der Waals surface area contributed by atoms with Crippen LogP contribution in [0.5, 0.6) is 0 Å². The number of nitrogens with one attached hydrogen (secondary N) is 1. The van der Waals surface area contributed by atoms with Crippen LogP contribution in [0, 0.1) is 5.41 Å². The van der Waals surface area contributed by atoms with E-state index in [-0.39, 0.29) is 11.4 Å². The summed E-state index contributed by atoms with van der Waals surface area (Å²) in [6.07, 6.45) is 1.86. The summed E-state index contributed by atoms with van der Waals surface area (Å²) in [4.78, 5) is 11.7. The summed E-state index contributed by atoms with van der Waals surface area (Å²) in [6, 6.07) is 0. The van der Waals surface area contributed by atoms with E-state index in [1.165, 1.54) is 0 Å². The second kappa shape index (κ2) is 6.08. The molecule has 88 valence electrons. The SMILES string of the molecule is CCCOCCOC(=O)C1(C)CCNC1. The molecule has 0 radical (unpaired) electrons. The Hall–Kier alpha value is -0.610. The number of hydrogen-bond acceptors (Lipinski definition) is 4. The van der Waals surface area contributed by atoms with Gasteiger partial charge in [-0.3, -0.25) is 4.79 Å². The molecule has 0 aromatic carbocycles. The molecule has 1 heterocycles. The first-order chi connectivity index (χ1) is 7.19. The van der Waals surface area contributed by atoms with Gasteiger partial charge >= 0.3 is 5.97 Å². The maximum absolute atomic E-state index is 11.7. The third-order valence-electron chi connectivity index (χ3n) is 2.67. The van der Waals surface area contributed by atoms with Crippen LogP contribution < -0.4 is 5.32 Å². The third-order valence-corrected chi connectivity index (χ3v) is 2.67. The number of hydrogen-bond donors (Lipinski definition) is 1. The molecule has 0 bridgehead atoms. The lowest BCUT2D eigenvalue weighted by Gasteiger charge is -2.20. The quantitative estimate of drug-likeness (QED) is 0.529. The minimum absolute atomic E-state index is 0.104. The molecule has 0 aromatic heterocycles. The Labute approximate surface area is 91.3 Å². The lowest BCUT2D eigenvalue weighted by atomic mass is 9.90. The largest absolute Gasteiger partial charge is 0.463 e. The normalized spacial score (nSPS) is 25.5. The predicted octanol–water partition coefficient (Wildman–Crippen LogP) is 0.956. The fourth-order valence-corrected chi connectivity index (χ4v) is 1.61. The zero-order chi connectivity index (χ0) is 11.1. The monoisotopic (exact) mass is 215 g/mol. The van der Waals surface area contributed by atoms with Crippen molar-refractivity contribution in [1.82, 2.24) is 5.32 Å². The van der Waals surface area contributed by atoms with Crippen LogP contribution in [0.25, 0.3) is 0 Å². The van der Waals surface area contributed by atoms with Crippen molar-refractivity contribution in [3.63, 3.8) is 0 Å². The van der Waals surface area contributed by atoms with Gasteiger partial charge in [-0.2, -0.15) is 0 Å². The fraction of sp³-hybridized carbons (Fsp3) is 0.909. The Morgan fingerprint density at radius 2 is 2.20 bits per heavy atom. The van der Waals surface area contributed by atoms with Crippen LogP contribution in [0.15, 0.2) is 0 Å². The van der Waals surface area contributed by atoms with Gasteiger partial charge in [0.15, 0.2) is 0 Å². The molecule has 1 N–H and O–H groups in total. The summed E-state index contributed by atoms with van der Waals surface area (Å²) in [7, 11) is 0.